The van der Waals surface area contributed by atoms with Gasteiger partial charge in [-0.3, -0.25) is 9.69 Å². The van der Waals surface area contributed by atoms with E-state index in [4.69, 9.17) is 9.84 Å². The molecule has 0 spiro atoms. The largest absolute Gasteiger partial charge is 0.481 e. The van der Waals surface area contributed by atoms with Gasteiger partial charge in [-0.25, -0.2) is 9.78 Å². The summed E-state index contributed by atoms with van der Waals surface area (Å²) in [7, 11) is 0. The van der Waals surface area contributed by atoms with Gasteiger partial charge in [0.25, 0.3) is 0 Å². The summed E-state index contributed by atoms with van der Waals surface area (Å²) in [5.41, 5.74) is 6.32. The average Bonchev–Trinajstić information content (AvgIpc) is 3.49. The maximum atomic E-state index is 13.3. The number of aromatic nitrogens is 1. The first-order valence-electron chi connectivity index (χ1n) is 11.5. The van der Waals surface area contributed by atoms with Gasteiger partial charge in [0, 0.05) is 29.8 Å². The molecule has 0 radical (unpaired) electrons. The monoisotopic (exact) mass is 484 g/mol. The standard InChI is InChI=1S/C28H24N2O4S/c31-26(32)15-8-16-30(27-29-25(18-35-27)19-9-2-1-3-10-19)28(33)34-17-24-22-13-6-4-11-20(22)21-12-5-7-14-23(21)24/h1-7,9-14,18,24H,8,15-17H2,(H,31,32). The molecule has 3 aromatic carbocycles. The number of ether oxygens (including phenoxy) is 1. The highest BCUT2D eigenvalue weighted by atomic mass is 32.1. The Labute approximate surface area is 207 Å². The molecule has 0 atom stereocenters. The number of carboxylic acids is 1. The third-order valence-corrected chi connectivity index (χ3v) is 6.98. The minimum absolute atomic E-state index is 0.0376. The molecular weight excluding hydrogens is 460 g/mol. The van der Waals surface area contributed by atoms with Gasteiger partial charge in [-0.1, -0.05) is 78.9 Å². The molecule has 1 heterocycles. The lowest BCUT2D eigenvalue weighted by molar-refractivity contribution is -0.137. The second kappa shape index (κ2) is 10.1. The fraction of sp³-hybridized carbons (Fsp3) is 0.179. The number of hydrogen-bond donors (Lipinski definition) is 1. The zero-order valence-corrected chi connectivity index (χ0v) is 19.8. The van der Waals surface area contributed by atoms with Crippen molar-refractivity contribution < 1.29 is 19.4 Å². The molecule has 1 N–H and O–H groups in total. The van der Waals surface area contributed by atoms with Crippen molar-refractivity contribution in [3.05, 3.63) is 95.4 Å². The first-order chi connectivity index (χ1) is 17.1. The third kappa shape index (κ3) is 4.81. The number of hydrogen-bond acceptors (Lipinski definition) is 5. The van der Waals surface area contributed by atoms with Crippen LogP contribution in [0.4, 0.5) is 9.93 Å². The third-order valence-electron chi connectivity index (χ3n) is 6.12. The van der Waals surface area contributed by atoms with Crippen LogP contribution in [-0.2, 0) is 9.53 Å². The number of carbonyl (C=O) groups excluding carboxylic acids is 1. The summed E-state index contributed by atoms with van der Waals surface area (Å²) in [6.45, 7) is 0.407. The van der Waals surface area contributed by atoms with Crippen molar-refractivity contribution in [3.8, 4) is 22.4 Å². The van der Waals surface area contributed by atoms with Gasteiger partial charge in [0.05, 0.1) is 5.69 Å². The van der Waals surface area contributed by atoms with Crippen molar-refractivity contribution in [1.82, 2.24) is 4.98 Å². The fourth-order valence-corrected chi connectivity index (χ4v) is 5.31. The first-order valence-corrected chi connectivity index (χ1v) is 12.3. The molecular formula is C28H24N2O4S. The number of benzene rings is 3. The highest BCUT2D eigenvalue weighted by Crippen LogP contribution is 2.44. The van der Waals surface area contributed by atoms with Gasteiger partial charge >= 0.3 is 12.1 Å². The zero-order chi connectivity index (χ0) is 24.2. The van der Waals surface area contributed by atoms with Crippen LogP contribution in [0, 0.1) is 0 Å². The van der Waals surface area contributed by atoms with Crippen LogP contribution in [0.1, 0.15) is 29.9 Å². The van der Waals surface area contributed by atoms with E-state index in [-0.39, 0.29) is 25.5 Å². The maximum Gasteiger partial charge on any atom is 0.416 e. The highest BCUT2D eigenvalue weighted by molar-refractivity contribution is 7.14. The van der Waals surface area contributed by atoms with Crippen LogP contribution in [0.2, 0.25) is 0 Å². The highest BCUT2D eigenvalue weighted by Gasteiger charge is 2.30. The van der Waals surface area contributed by atoms with Gasteiger partial charge in [-0.05, 0) is 28.7 Å². The van der Waals surface area contributed by atoms with Crippen LogP contribution in [0.15, 0.2) is 84.2 Å². The second-order valence-corrected chi connectivity index (χ2v) is 9.17. The van der Waals surface area contributed by atoms with Crippen LogP contribution < -0.4 is 4.90 Å². The van der Waals surface area contributed by atoms with Gasteiger partial charge in [-0.2, -0.15) is 0 Å². The van der Waals surface area contributed by atoms with Crippen molar-refractivity contribution in [1.29, 1.82) is 0 Å². The smallest absolute Gasteiger partial charge is 0.416 e. The molecule has 35 heavy (non-hydrogen) atoms. The molecule has 0 aliphatic heterocycles. The second-order valence-electron chi connectivity index (χ2n) is 8.33. The molecule has 0 fully saturated rings. The summed E-state index contributed by atoms with van der Waals surface area (Å²) in [5.74, 6) is -0.954. The van der Waals surface area contributed by atoms with Crippen LogP contribution >= 0.6 is 11.3 Å². The van der Waals surface area contributed by atoms with Crippen LogP contribution in [0.5, 0.6) is 0 Å². The zero-order valence-electron chi connectivity index (χ0n) is 19.0. The molecule has 1 amide bonds. The van der Waals surface area contributed by atoms with E-state index in [1.165, 1.54) is 16.2 Å². The van der Waals surface area contributed by atoms with Crippen LogP contribution in [0.3, 0.4) is 0 Å². The Morgan fingerprint density at radius 1 is 0.914 bits per heavy atom. The van der Waals surface area contributed by atoms with Crippen molar-refractivity contribution in [2.75, 3.05) is 18.1 Å². The number of carboxylic acid groups (broad SMARTS) is 1. The Balaban J connectivity index is 1.36. The van der Waals surface area contributed by atoms with Gasteiger partial charge in [0.15, 0.2) is 5.13 Å². The molecule has 5 rings (SSSR count). The lowest BCUT2D eigenvalue weighted by atomic mass is 9.98. The molecule has 0 bridgehead atoms. The summed E-state index contributed by atoms with van der Waals surface area (Å²) in [4.78, 5) is 30.4. The fourth-order valence-electron chi connectivity index (χ4n) is 4.46. The van der Waals surface area contributed by atoms with Crippen LogP contribution in [0.25, 0.3) is 22.4 Å². The number of anilines is 1. The van der Waals surface area contributed by atoms with Gasteiger partial charge in [0.2, 0.25) is 0 Å². The molecule has 1 aliphatic carbocycles. The summed E-state index contributed by atoms with van der Waals surface area (Å²) in [5, 5.41) is 11.5. The van der Waals surface area contributed by atoms with Crippen molar-refractivity contribution >= 4 is 28.5 Å². The molecule has 0 saturated heterocycles. The number of aliphatic carboxylic acids is 1. The molecule has 7 heteroatoms. The predicted octanol–water partition coefficient (Wildman–Crippen LogP) is 6.43. The Kier molecular flexibility index (Phi) is 6.59. The summed E-state index contributed by atoms with van der Waals surface area (Å²) in [6.07, 6.45) is -0.254. The van der Waals surface area contributed by atoms with E-state index in [1.54, 1.807) is 0 Å². The van der Waals surface area contributed by atoms with Gasteiger partial charge < -0.3 is 9.84 Å². The summed E-state index contributed by atoms with van der Waals surface area (Å²) in [6, 6.07) is 26.1. The maximum absolute atomic E-state index is 13.3. The molecule has 0 saturated carbocycles. The summed E-state index contributed by atoms with van der Waals surface area (Å²) < 4.78 is 5.83. The normalized spacial score (nSPS) is 12.1. The van der Waals surface area contributed by atoms with E-state index < -0.39 is 12.1 Å². The van der Waals surface area contributed by atoms with Gasteiger partial charge in [0.1, 0.15) is 6.61 Å². The molecule has 0 unspecified atom stereocenters. The number of carbonyl (C=O) groups is 2. The minimum Gasteiger partial charge on any atom is -0.481 e. The molecule has 4 aromatic rings. The molecule has 176 valence electrons. The SMILES string of the molecule is O=C(O)CCCN(C(=O)OCC1c2ccccc2-c2ccccc21)c1nc(-c2ccccc2)cs1. The number of rotatable bonds is 8. The predicted molar refractivity (Wildman–Crippen MR) is 137 cm³/mol. The van der Waals surface area contributed by atoms with E-state index in [1.807, 2.05) is 60.0 Å². The van der Waals surface area contributed by atoms with E-state index in [2.05, 4.69) is 29.2 Å². The number of thiazole rings is 1. The van der Waals surface area contributed by atoms with E-state index in [0.29, 0.717) is 11.6 Å². The number of amides is 1. The number of nitrogens with zero attached hydrogens (tertiary/aromatic N) is 2. The summed E-state index contributed by atoms with van der Waals surface area (Å²) >= 11 is 1.34. The van der Waals surface area contributed by atoms with E-state index >= 15 is 0 Å². The Bertz CT molecular complexity index is 1310. The first kappa shape index (κ1) is 22.8. The molecule has 1 aliphatic rings. The quantitative estimate of drug-likeness (QED) is 0.312. The van der Waals surface area contributed by atoms with E-state index in [9.17, 15) is 9.59 Å². The van der Waals surface area contributed by atoms with Crippen molar-refractivity contribution in [3.63, 3.8) is 0 Å². The Hall–Kier alpha value is -3.97. The molecule has 6 nitrogen and oxygen atoms in total. The lowest BCUT2D eigenvalue weighted by Crippen LogP contribution is -2.33. The topological polar surface area (TPSA) is 79.7 Å². The van der Waals surface area contributed by atoms with Crippen LogP contribution in [-0.4, -0.2) is 35.3 Å². The molecule has 1 aromatic heterocycles. The lowest BCUT2D eigenvalue weighted by Gasteiger charge is -2.21. The minimum atomic E-state index is -0.901. The van der Waals surface area contributed by atoms with Crippen molar-refractivity contribution in [2.45, 2.75) is 18.8 Å². The Morgan fingerprint density at radius 2 is 1.54 bits per heavy atom. The average molecular weight is 485 g/mol. The van der Waals surface area contributed by atoms with E-state index in [0.717, 1.165) is 33.5 Å². The Morgan fingerprint density at radius 3 is 2.20 bits per heavy atom. The van der Waals surface area contributed by atoms with Gasteiger partial charge in [-0.15, -0.1) is 11.3 Å². The number of fused-ring (bicyclic) bond motifs is 3. The van der Waals surface area contributed by atoms with Crippen molar-refractivity contribution in [2.24, 2.45) is 0 Å².